The summed E-state index contributed by atoms with van der Waals surface area (Å²) in [6.07, 6.45) is 7.67. The lowest BCUT2D eigenvalue weighted by Crippen LogP contribution is -2.42. The van der Waals surface area contributed by atoms with Crippen molar-refractivity contribution in [2.75, 3.05) is 26.2 Å². The molecule has 1 aromatic heterocycles. The number of H-pyrrole nitrogens is 1. The van der Waals surface area contributed by atoms with Gasteiger partial charge in [-0.25, -0.2) is 0 Å². The standard InChI is InChI=1S/C26H31N3O3/c27-25(30)19-4-6-23-22(16-19)20(17-28-23)3-1-2-11-29-12-9-26(31,10-13-29)21-5-7-24-18(15-21)8-14-32-24/h4-7,15-17,28,31H,1-3,8-14H2,(H2,27,30). The van der Waals surface area contributed by atoms with E-state index < -0.39 is 11.5 Å². The molecule has 4 N–H and O–H groups in total. The number of piperidine rings is 1. The molecule has 3 aromatic rings. The number of likely N-dealkylation sites (tertiary alicyclic amines) is 1. The van der Waals surface area contributed by atoms with Crippen molar-refractivity contribution in [1.82, 2.24) is 9.88 Å². The van der Waals surface area contributed by atoms with Gasteiger partial charge in [-0.3, -0.25) is 4.79 Å². The van der Waals surface area contributed by atoms with E-state index in [9.17, 15) is 9.90 Å². The minimum absolute atomic E-state index is 0.391. The summed E-state index contributed by atoms with van der Waals surface area (Å²) < 4.78 is 5.60. The zero-order chi connectivity index (χ0) is 22.1. The summed E-state index contributed by atoms with van der Waals surface area (Å²) in [6, 6.07) is 11.8. The fourth-order valence-electron chi connectivity index (χ4n) is 5.10. The molecule has 2 aliphatic rings. The maximum atomic E-state index is 11.5. The highest BCUT2D eigenvalue weighted by Crippen LogP contribution is 2.36. The molecule has 2 aromatic carbocycles. The number of primary amides is 1. The molecule has 168 valence electrons. The van der Waals surface area contributed by atoms with Crippen LogP contribution in [0.5, 0.6) is 5.75 Å². The second-order valence-corrected chi connectivity index (χ2v) is 9.19. The Morgan fingerprint density at radius 3 is 2.81 bits per heavy atom. The molecule has 1 fully saturated rings. The molecule has 0 radical (unpaired) electrons. The number of aryl methyl sites for hydroxylation is 1. The van der Waals surface area contributed by atoms with Crippen molar-refractivity contribution in [2.45, 2.75) is 44.1 Å². The molecule has 2 aliphatic heterocycles. The summed E-state index contributed by atoms with van der Waals surface area (Å²) in [6.45, 7) is 3.62. The van der Waals surface area contributed by atoms with Crippen LogP contribution in [0.15, 0.2) is 42.6 Å². The Morgan fingerprint density at radius 2 is 2.00 bits per heavy atom. The highest BCUT2D eigenvalue weighted by Gasteiger charge is 2.34. The van der Waals surface area contributed by atoms with Gasteiger partial charge in [0.2, 0.25) is 5.91 Å². The van der Waals surface area contributed by atoms with Gasteiger partial charge in [0.05, 0.1) is 12.2 Å². The number of nitrogens with one attached hydrogen (secondary N) is 1. The highest BCUT2D eigenvalue weighted by atomic mass is 16.5. The van der Waals surface area contributed by atoms with Gasteiger partial charge >= 0.3 is 0 Å². The molecule has 32 heavy (non-hydrogen) atoms. The quantitative estimate of drug-likeness (QED) is 0.497. The molecule has 1 saturated heterocycles. The van der Waals surface area contributed by atoms with Crippen LogP contribution in [-0.2, 0) is 18.4 Å². The van der Waals surface area contributed by atoms with E-state index in [-0.39, 0.29) is 0 Å². The van der Waals surface area contributed by atoms with Crippen LogP contribution in [0.25, 0.3) is 10.9 Å². The van der Waals surface area contributed by atoms with Gasteiger partial charge in [-0.05, 0) is 85.7 Å². The average molecular weight is 434 g/mol. The summed E-state index contributed by atoms with van der Waals surface area (Å²) in [5.41, 5.74) is 9.79. The summed E-state index contributed by atoms with van der Waals surface area (Å²) in [5, 5.41) is 12.3. The van der Waals surface area contributed by atoms with Crippen molar-refractivity contribution in [3.8, 4) is 5.75 Å². The van der Waals surface area contributed by atoms with Gasteiger partial charge in [-0.2, -0.15) is 0 Å². The second-order valence-electron chi connectivity index (χ2n) is 9.19. The van der Waals surface area contributed by atoms with E-state index >= 15 is 0 Å². The van der Waals surface area contributed by atoms with Crippen LogP contribution in [0.3, 0.4) is 0 Å². The van der Waals surface area contributed by atoms with Crippen molar-refractivity contribution in [3.05, 3.63) is 64.8 Å². The van der Waals surface area contributed by atoms with E-state index in [2.05, 4.69) is 16.0 Å². The molecule has 5 rings (SSSR count). The molecule has 6 heteroatoms. The number of carbonyl (C=O) groups is 1. The predicted molar refractivity (Wildman–Crippen MR) is 125 cm³/mol. The van der Waals surface area contributed by atoms with Crippen LogP contribution in [0.2, 0.25) is 0 Å². The van der Waals surface area contributed by atoms with Crippen LogP contribution < -0.4 is 10.5 Å². The van der Waals surface area contributed by atoms with Gasteiger partial charge in [-0.15, -0.1) is 0 Å². The molecular formula is C26H31N3O3. The van der Waals surface area contributed by atoms with Gasteiger partial charge in [0.15, 0.2) is 0 Å². The van der Waals surface area contributed by atoms with Crippen LogP contribution in [0.1, 0.15) is 52.7 Å². The zero-order valence-electron chi connectivity index (χ0n) is 18.4. The number of aliphatic hydroxyl groups is 1. The summed E-state index contributed by atoms with van der Waals surface area (Å²) >= 11 is 0. The third-order valence-electron chi connectivity index (χ3n) is 7.13. The number of amides is 1. The number of nitrogens with zero attached hydrogens (tertiary/aromatic N) is 1. The third-order valence-corrected chi connectivity index (χ3v) is 7.13. The third kappa shape index (κ3) is 4.12. The van der Waals surface area contributed by atoms with Crippen LogP contribution in [0, 0.1) is 0 Å². The molecule has 0 unspecified atom stereocenters. The first kappa shape index (κ1) is 21.0. The molecule has 3 heterocycles. The molecule has 0 aliphatic carbocycles. The van der Waals surface area contributed by atoms with Crippen molar-refractivity contribution < 1.29 is 14.6 Å². The number of benzene rings is 2. The average Bonchev–Trinajstić information content (AvgIpc) is 3.44. The van der Waals surface area contributed by atoms with E-state index in [1.54, 1.807) is 6.07 Å². The SMILES string of the molecule is NC(=O)c1ccc2[nH]cc(CCCCN3CCC(O)(c4ccc5c(c4)CCO5)CC3)c2c1. The monoisotopic (exact) mass is 433 g/mol. The van der Waals surface area contributed by atoms with Crippen molar-refractivity contribution in [3.63, 3.8) is 0 Å². The van der Waals surface area contributed by atoms with Crippen LogP contribution >= 0.6 is 0 Å². The van der Waals surface area contributed by atoms with Crippen molar-refractivity contribution in [1.29, 1.82) is 0 Å². The van der Waals surface area contributed by atoms with Gasteiger partial charge in [0.25, 0.3) is 0 Å². The molecule has 0 atom stereocenters. The fraction of sp³-hybridized carbons (Fsp3) is 0.423. The second kappa shape index (κ2) is 8.60. The number of ether oxygens (including phenoxy) is 1. The largest absolute Gasteiger partial charge is 0.493 e. The van der Waals surface area contributed by atoms with Gasteiger partial charge in [0, 0.05) is 42.2 Å². The Bertz CT molecular complexity index is 1130. The highest BCUT2D eigenvalue weighted by molar-refractivity contribution is 5.97. The number of fused-ring (bicyclic) bond motifs is 2. The Hall–Kier alpha value is -2.83. The molecule has 0 bridgehead atoms. The number of hydrogen-bond donors (Lipinski definition) is 3. The molecule has 1 amide bonds. The van der Waals surface area contributed by atoms with E-state index in [0.717, 1.165) is 87.0 Å². The predicted octanol–water partition coefficient (Wildman–Crippen LogP) is 3.51. The first-order chi connectivity index (χ1) is 15.5. The summed E-state index contributed by atoms with van der Waals surface area (Å²) in [7, 11) is 0. The Morgan fingerprint density at radius 1 is 1.16 bits per heavy atom. The first-order valence-corrected chi connectivity index (χ1v) is 11.6. The number of unbranched alkanes of at least 4 members (excludes halogenated alkanes) is 1. The number of carbonyl (C=O) groups excluding carboxylic acids is 1. The molecule has 6 nitrogen and oxygen atoms in total. The number of hydrogen-bond acceptors (Lipinski definition) is 4. The summed E-state index contributed by atoms with van der Waals surface area (Å²) in [4.78, 5) is 17.2. The maximum Gasteiger partial charge on any atom is 0.248 e. The van der Waals surface area contributed by atoms with Crippen molar-refractivity contribution >= 4 is 16.8 Å². The first-order valence-electron chi connectivity index (χ1n) is 11.6. The van der Waals surface area contributed by atoms with Crippen LogP contribution in [-0.4, -0.2) is 47.1 Å². The Balaban J connectivity index is 1.11. The topological polar surface area (TPSA) is 91.6 Å². The Labute approximate surface area is 188 Å². The number of aromatic nitrogens is 1. The van der Waals surface area contributed by atoms with E-state index in [1.165, 1.54) is 11.1 Å². The van der Waals surface area contributed by atoms with E-state index in [4.69, 9.17) is 10.5 Å². The van der Waals surface area contributed by atoms with Gasteiger partial charge in [0.1, 0.15) is 5.75 Å². The van der Waals surface area contributed by atoms with Crippen LogP contribution in [0.4, 0.5) is 0 Å². The normalized spacial score (nSPS) is 17.9. The lowest BCUT2D eigenvalue weighted by molar-refractivity contribution is -0.0261. The minimum Gasteiger partial charge on any atom is -0.493 e. The molecule has 0 spiro atoms. The fourth-order valence-corrected chi connectivity index (χ4v) is 5.10. The van der Waals surface area contributed by atoms with Crippen molar-refractivity contribution in [2.24, 2.45) is 5.73 Å². The summed E-state index contributed by atoms with van der Waals surface area (Å²) in [5.74, 6) is 0.577. The maximum absolute atomic E-state index is 11.5. The van der Waals surface area contributed by atoms with E-state index in [0.29, 0.717) is 5.56 Å². The zero-order valence-corrected chi connectivity index (χ0v) is 18.4. The van der Waals surface area contributed by atoms with Gasteiger partial charge in [-0.1, -0.05) is 6.07 Å². The lowest BCUT2D eigenvalue weighted by Gasteiger charge is -2.38. The minimum atomic E-state index is -0.726. The number of aromatic amines is 1. The number of nitrogens with two attached hydrogens (primary N) is 1. The van der Waals surface area contributed by atoms with Gasteiger partial charge < -0.3 is 25.5 Å². The number of rotatable bonds is 7. The molecular weight excluding hydrogens is 402 g/mol. The molecule has 0 saturated carbocycles. The van der Waals surface area contributed by atoms with E-state index in [1.807, 2.05) is 30.5 Å². The Kier molecular flexibility index (Phi) is 5.66. The smallest absolute Gasteiger partial charge is 0.248 e. The lowest BCUT2D eigenvalue weighted by atomic mass is 9.83.